The summed E-state index contributed by atoms with van der Waals surface area (Å²) in [6.45, 7) is 2.94. The van der Waals surface area contributed by atoms with Crippen molar-refractivity contribution in [2.24, 2.45) is 0 Å². The Balaban J connectivity index is 1.85. The number of nitrogens with one attached hydrogen (secondary N) is 3. The summed E-state index contributed by atoms with van der Waals surface area (Å²) in [5.41, 5.74) is 0.144. The van der Waals surface area contributed by atoms with Gasteiger partial charge in [-0.15, -0.1) is 0 Å². The normalized spacial score (nSPS) is 18.3. The molecule has 156 valence electrons. The smallest absolute Gasteiger partial charge is 0.325 e. The van der Waals surface area contributed by atoms with Crippen LogP contribution in [0.25, 0.3) is 0 Å². The van der Waals surface area contributed by atoms with Gasteiger partial charge in [-0.25, -0.2) is 9.59 Å². The lowest BCUT2D eigenvalue weighted by Crippen LogP contribution is -2.49. The van der Waals surface area contributed by atoms with Crippen LogP contribution in [0.15, 0.2) is 60.7 Å². The molecule has 0 unspecified atom stereocenters. The molecule has 2 aromatic rings. The minimum Gasteiger partial charge on any atom is -0.336 e. The number of imide groups is 2. The molecule has 1 fully saturated rings. The summed E-state index contributed by atoms with van der Waals surface area (Å²) in [4.78, 5) is 50.9. The number of urea groups is 2. The third-order valence-electron chi connectivity index (χ3n) is 4.73. The van der Waals surface area contributed by atoms with E-state index < -0.39 is 36.0 Å². The van der Waals surface area contributed by atoms with Crippen LogP contribution >= 0.6 is 0 Å². The van der Waals surface area contributed by atoms with Crippen LogP contribution in [0, 0.1) is 0 Å². The largest absolute Gasteiger partial charge is 0.336 e. The summed E-state index contributed by atoms with van der Waals surface area (Å²) in [6, 6.07) is 16.7. The highest BCUT2D eigenvalue weighted by Crippen LogP contribution is 2.32. The van der Waals surface area contributed by atoms with E-state index in [1.807, 2.05) is 36.4 Å². The quantitative estimate of drug-likeness (QED) is 0.635. The number of amides is 6. The zero-order valence-corrected chi connectivity index (χ0v) is 16.8. The van der Waals surface area contributed by atoms with Crippen LogP contribution in [0.4, 0.5) is 9.59 Å². The molecule has 0 saturated carbocycles. The monoisotopic (exact) mass is 408 g/mol. The maximum absolute atomic E-state index is 13.4. The van der Waals surface area contributed by atoms with E-state index in [1.54, 1.807) is 38.1 Å². The molecule has 1 aliphatic heterocycles. The second-order valence-corrected chi connectivity index (χ2v) is 7.43. The number of hydrogen-bond donors (Lipinski definition) is 3. The lowest BCUT2D eigenvalue weighted by Gasteiger charge is -2.27. The fraction of sp³-hybridized carbons (Fsp3) is 0.273. The third-order valence-corrected chi connectivity index (χ3v) is 4.73. The van der Waals surface area contributed by atoms with E-state index in [-0.39, 0.29) is 12.5 Å². The zero-order valence-electron chi connectivity index (χ0n) is 16.8. The van der Waals surface area contributed by atoms with Gasteiger partial charge in [0.05, 0.1) is 0 Å². The first-order valence-electron chi connectivity index (χ1n) is 9.66. The van der Waals surface area contributed by atoms with Crippen LogP contribution in [0.1, 0.15) is 25.0 Å². The van der Waals surface area contributed by atoms with Crippen LogP contribution in [-0.2, 0) is 21.5 Å². The molecule has 0 aromatic heterocycles. The highest BCUT2D eigenvalue weighted by atomic mass is 16.2. The first kappa shape index (κ1) is 21.0. The van der Waals surface area contributed by atoms with Gasteiger partial charge in [0.2, 0.25) is 5.91 Å². The molecule has 0 radical (unpaired) electrons. The number of carbonyl (C=O) groups excluding carboxylic acids is 4. The van der Waals surface area contributed by atoms with Gasteiger partial charge in [-0.1, -0.05) is 60.7 Å². The van der Waals surface area contributed by atoms with Crippen LogP contribution < -0.4 is 16.0 Å². The second-order valence-electron chi connectivity index (χ2n) is 7.43. The molecular weight excluding hydrogens is 384 g/mol. The van der Waals surface area contributed by atoms with Gasteiger partial charge in [-0.05, 0) is 25.0 Å². The lowest BCUT2D eigenvalue weighted by molar-refractivity contribution is -0.135. The van der Waals surface area contributed by atoms with Crippen molar-refractivity contribution in [2.45, 2.75) is 31.8 Å². The highest BCUT2D eigenvalue weighted by molar-refractivity contribution is 6.10. The van der Waals surface area contributed by atoms with Crippen molar-refractivity contribution < 1.29 is 19.2 Å². The summed E-state index contributed by atoms with van der Waals surface area (Å²) in [5, 5.41) is 7.43. The van der Waals surface area contributed by atoms with Crippen LogP contribution in [0.5, 0.6) is 0 Å². The molecule has 0 spiro atoms. The van der Waals surface area contributed by atoms with Crippen LogP contribution in [0.2, 0.25) is 0 Å². The van der Waals surface area contributed by atoms with Crippen molar-refractivity contribution in [3.8, 4) is 0 Å². The lowest BCUT2D eigenvalue weighted by atomic mass is 9.83. The number of nitrogens with zero attached hydrogens (tertiary/aromatic N) is 1. The van der Waals surface area contributed by atoms with E-state index in [2.05, 4.69) is 16.0 Å². The Morgan fingerprint density at radius 3 is 2.20 bits per heavy atom. The molecule has 1 saturated heterocycles. The van der Waals surface area contributed by atoms with E-state index in [9.17, 15) is 19.2 Å². The predicted octanol–water partition coefficient (Wildman–Crippen LogP) is 1.91. The van der Waals surface area contributed by atoms with Gasteiger partial charge in [-0.3, -0.25) is 19.8 Å². The molecule has 3 N–H and O–H groups in total. The summed E-state index contributed by atoms with van der Waals surface area (Å²) in [5.74, 6) is -1.29. The third kappa shape index (κ3) is 4.48. The van der Waals surface area contributed by atoms with Crippen molar-refractivity contribution in [1.29, 1.82) is 0 Å². The topological polar surface area (TPSA) is 108 Å². The second kappa shape index (κ2) is 8.77. The maximum atomic E-state index is 13.4. The SMILES string of the molecule is CC(C)NC(=O)NC(=O)CN1C(=O)N[C@](Cc2ccccc2)(c2ccccc2)C1=O. The molecule has 2 aromatic carbocycles. The predicted molar refractivity (Wildman–Crippen MR) is 110 cm³/mol. The Morgan fingerprint density at radius 2 is 1.60 bits per heavy atom. The van der Waals surface area contributed by atoms with Gasteiger partial charge in [0.1, 0.15) is 6.54 Å². The average molecular weight is 408 g/mol. The Kier molecular flexibility index (Phi) is 6.15. The van der Waals surface area contributed by atoms with E-state index >= 15 is 0 Å². The van der Waals surface area contributed by atoms with E-state index in [1.165, 1.54) is 0 Å². The minimum atomic E-state index is -1.33. The Bertz CT molecular complexity index is 946. The first-order valence-corrected chi connectivity index (χ1v) is 9.66. The van der Waals surface area contributed by atoms with E-state index in [0.29, 0.717) is 5.56 Å². The van der Waals surface area contributed by atoms with Gasteiger partial charge in [0.25, 0.3) is 5.91 Å². The van der Waals surface area contributed by atoms with Crippen LogP contribution in [0.3, 0.4) is 0 Å². The Morgan fingerprint density at radius 1 is 1.00 bits per heavy atom. The molecule has 0 aliphatic carbocycles. The van der Waals surface area contributed by atoms with Gasteiger partial charge in [0, 0.05) is 12.5 Å². The molecule has 8 nitrogen and oxygen atoms in total. The van der Waals surface area contributed by atoms with Crippen LogP contribution in [-0.4, -0.2) is 41.4 Å². The molecule has 0 bridgehead atoms. The molecule has 30 heavy (non-hydrogen) atoms. The van der Waals surface area contributed by atoms with Gasteiger partial charge in [-0.2, -0.15) is 0 Å². The molecule has 3 rings (SSSR count). The van der Waals surface area contributed by atoms with E-state index in [4.69, 9.17) is 0 Å². The molecular formula is C22H24N4O4. The van der Waals surface area contributed by atoms with Gasteiger partial charge >= 0.3 is 12.1 Å². The highest BCUT2D eigenvalue weighted by Gasteiger charge is 2.52. The van der Waals surface area contributed by atoms with Gasteiger partial charge < -0.3 is 10.6 Å². The first-order chi connectivity index (χ1) is 14.3. The van der Waals surface area contributed by atoms with Crippen molar-refractivity contribution in [3.05, 3.63) is 71.8 Å². The molecule has 1 atom stereocenters. The van der Waals surface area contributed by atoms with Gasteiger partial charge in [0.15, 0.2) is 5.54 Å². The number of rotatable bonds is 6. The molecule has 6 amide bonds. The van der Waals surface area contributed by atoms with Crippen molar-refractivity contribution in [3.63, 3.8) is 0 Å². The zero-order chi connectivity index (χ0) is 21.7. The molecule has 1 aliphatic rings. The standard InChI is InChI=1S/C22H24N4O4/c1-15(2)23-20(29)24-18(27)14-26-19(28)22(25-21(26)30,17-11-7-4-8-12-17)13-16-9-5-3-6-10-16/h3-12,15H,13-14H2,1-2H3,(H,25,30)(H2,23,24,27,29)/t22-/m1/s1. The summed E-state index contributed by atoms with van der Waals surface area (Å²) >= 11 is 0. The fourth-order valence-electron chi connectivity index (χ4n) is 3.42. The number of carbonyl (C=O) groups is 4. The number of benzene rings is 2. The molecule has 1 heterocycles. The fourth-order valence-corrected chi connectivity index (χ4v) is 3.42. The minimum absolute atomic E-state index is 0.161. The molecule has 8 heteroatoms. The Hall–Kier alpha value is -3.68. The van der Waals surface area contributed by atoms with E-state index in [0.717, 1.165) is 10.5 Å². The maximum Gasteiger partial charge on any atom is 0.325 e. The summed E-state index contributed by atoms with van der Waals surface area (Å²) < 4.78 is 0. The average Bonchev–Trinajstić information content (AvgIpc) is 2.93. The van der Waals surface area contributed by atoms with Crippen molar-refractivity contribution >= 4 is 23.9 Å². The Labute approximate surface area is 174 Å². The van der Waals surface area contributed by atoms with Crippen molar-refractivity contribution in [1.82, 2.24) is 20.9 Å². The summed E-state index contributed by atoms with van der Waals surface area (Å²) in [6.07, 6.45) is 0.231. The van der Waals surface area contributed by atoms with Crippen molar-refractivity contribution in [2.75, 3.05) is 6.54 Å². The summed E-state index contributed by atoms with van der Waals surface area (Å²) in [7, 11) is 0. The number of hydrogen-bond acceptors (Lipinski definition) is 4.